The average molecular weight is 427 g/mol. The molecule has 0 spiro atoms. The quantitative estimate of drug-likeness (QED) is 0.359. The highest BCUT2D eigenvalue weighted by atomic mass is 32.1. The van der Waals surface area contributed by atoms with E-state index in [4.69, 9.17) is 10.5 Å². The molecule has 0 saturated carbocycles. The number of primary amides is 1. The molecule has 0 aliphatic carbocycles. The van der Waals surface area contributed by atoms with Gasteiger partial charge in [0.1, 0.15) is 11.4 Å². The molecule has 3 aromatic rings. The van der Waals surface area contributed by atoms with Crippen LogP contribution >= 0.6 is 11.3 Å². The zero-order valence-electron chi connectivity index (χ0n) is 16.7. The van der Waals surface area contributed by atoms with Crippen molar-refractivity contribution in [3.05, 3.63) is 53.5 Å². The lowest BCUT2D eigenvalue weighted by Crippen LogP contribution is -2.39. The minimum absolute atomic E-state index is 0.426. The molecule has 1 aliphatic rings. The lowest BCUT2D eigenvalue weighted by atomic mass is 10.2. The molecule has 4 rings (SSSR count). The summed E-state index contributed by atoms with van der Waals surface area (Å²) >= 11 is 1.34. The molecular weight excluding hydrogens is 400 g/mol. The number of aromatic nitrogens is 2. The Bertz CT molecular complexity index is 951. The van der Waals surface area contributed by atoms with Gasteiger partial charge in [0.15, 0.2) is 0 Å². The Balaban J connectivity index is 1.50. The van der Waals surface area contributed by atoms with E-state index in [1.54, 1.807) is 6.07 Å². The summed E-state index contributed by atoms with van der Waals surface area (Å²) in [6.45, 7) is 5.47. The van der Waals surface area contributed by atoms with E-state index in [1.165, 1.54) is 11.3 Å². The number of hydrazine groups is 1. The lowest BCUT2D eigenvalue weighted by Gasteiger charge is -2.28. The van der Waals surface area contributed by atoms with Crippen LogP contribution < -0.4 is 16.2 Å². The van der Waals surface area contributed by atoms with E-state index in [1.807, 2.05) is 35.5 Å². The number of hydrogen-bond donors (Lipinski definition) is 3. The Labute approximate surface area is 179 Å². The smallest absolute Gasteiger partial charge is 0.258 e. The molecule has 1 saturated heterocycles. The van der Waals surface area contributed by atoms with Crippen molar-refractivity contribution in [3.8, 4) is 10.6 Å². The van der Waals surface area contributed by atoms with Gasteiger partial charge >= 0.3 is 0 Å². The number of thiophene rings is 1. The number of para-hydroxylation sites is 1. The highest BCUT2D eigenvalue weighted by Gasteiger charge is 2.19. The third-order valence-corrected chi connectivity index (χ3v) is 6.09. The van der Waals surface area contributed by atoms with Crippen LogP contribution in [0.2, 0.25) is 0 Å². The van der Waals surface area contributed by atoms with Crippen LogP contribution in [0.15, 0.2) is 48.7 Å². The summed E-state index contributed by atoms with van der Waals surface area (Å²) in [5.41, 5.74) is 11.6. The number of H-pyrrole nitrogens is 1. The normalized spacial score (nSPS) is 14.7. The molecule has 30 heavy (non-hydrogen) atoms. The second-order valence-electron chi connectivity index (χ2n) is 7.03. The molecule has 9 heteroatoms. The van der Waals surface area contributed by atoms with Crippen molar-refractivity contribution < 1.29 is 9.53 Å². The number of ether oxygens (including phenoxy) is 1. The number of nitrogens with two attached hydrogens (primary N) is 1. The van der Waals surface area contributed by atoms with Crippen molar-refractivity contribution in [2.24, 2.45) is 5.73 Å². The number of morpholine rings is 1. The number of carbonyl (C=O) groups excluding carboxylic acids is 1. The van der Waals surface area contributed by atoms with Crippen LogP contribution in [0.1, 0.15) is 16.1 Å². The molecule has 4 N–H and O–H groups in total. The fourth-order valence-electron chi connectivity index (χ4n) is 3.44. The van der Waals surface area contributed by atoms with Gasteiger partial charge in [0.2, 0.25) is 0 Å². The van der Waals surface area contributed by atoms with Crippen molar-refractivity contribution >= 4 is 28.6 Å². The van der Waals surface area contributed by atoms with Crippen LogP contribution in [-0.2, 0) is 4.74 Å². The molecule has 2 aromatic heterocycles. The van der Waals surface area contributed by atoms with Crippen molar-refractivity contribution in [1.82, 2.24) is 20.5 Å². The monoisotopic (exact) mass is 426 g/mol. The molecule has 0 atom stereocenters. The Morgan fingerprint density at radius 3 is 2.77 bits per heavy atom. The van der Waals surface area contributed by atoms with E-state index in [2.05, 4.69) is 32.7 Å². The van der Waals surface area contributed by atoms with E-state index in [0.717, 1.165) is 67.8 Å². The van der Waals surface area contributed by atoms with E-state index in [0.29, 0.717) is 4.88 Å². The number of aromatic amines is 1. The molecule has 1 amide bonds. The number of anilines is 2. The summed E-state index contributed by atoms with van der Waals surface area (Å²) < 4.78 is 5.42. The van der Waals surface area contributed by atoms with E-state index in [9.17, 15) is 4.79 Å². The molecule has 1 aromatic carbocycles. The van der Waals surface area contributed by atoms with Gasteiger partial charge in [-0.2, -0.15) is 5.10 Å². The maximum Gasteiger partial charge on any atom is 0.258 e. The van der Waals surface area contributed by atoms with Gasteiger partial charge < -0.3 is 10.5 Å². The number of benzene rings is 1. The number of nitrogens with zero attached hydrogens (tertiary/aromatic N) is 3. The average Bonchev–Trinajstić information content (AvgIpc) is 3.45. The molecule has 0 unspecified atom stereocenters. The number of hydrogen-bond acceptors (Lipinski definition) is 7. The first-order valence-corrected chi connectivity index (χ1v) is 10.9. The number of rotatable bonds is 9. The van der Waals surface area contributed by atoms with Crippen LogP contribution in [-0.4, -0.2) is 60.4 Å². The predicted octanol–water partition coefficient (Wildman–Crippen LogP) is 2.60. The maximum atomic E-state index is 11.5. The summed E-state index contributed by atoms with van der Waals surface area (Å²) in [4.78, 5) is 15.3. The van der Waals surface area contributed by atoms with E-state index >= 15 is 0 Å². The zero-order valence-corrected chi connectivity index (χ0v) is 17.5. The standard InChI is InChI=1S/C21H26N6O2S/c22-21(28)19-8-7-18(30-19)20-17(15-23-25-20)27(16-5-2-1-3-6-16)24-9-4-10-26-11-13-29-14-12-26/h1-3,5-8,15,24H,4,9-14H2,(H2,22,28)(H,23,25). The summed E-state index contributed by atoms with van der Waals surface area (Å²) in [7, 11) is 0. The molecule has 0 bridgehead atoms. The second kappa shape index (κ2) is 9.86. The van der Waals surface area contributed by atoms with Crippen LogP contribution in [0, 0.1) is 0 Å². The number of amides is 1. The lowest BCUT2D eigenvalue weighted by molar-refractivity contribution is 0.0374. The van der Waals surface area contributed by atoms with Crippen LogP contribution in [0.25, 0.3) is 10.6 Å². The third-order valence-electron chi connectivity index (χ3n) is 4.98. The molecule has 1 fully saturated rings. The Morgan fingerprint density at radius 2 is 2.03 bits per heavy atom. The molecule has 8 nitrogen and oxygen atoms in total. The molecule has 158 valence electrons. The minimum atomic E-state index is -0.426. The molecule has 3 heterocycles. The summed E-state index contributed by atoms with van der Waals surface area (Å²) in [5.74, 6) is -0.426. The van der Waals surface area contributed by atoms with Gasteiger partial charge in [-0.1, -0.05) is 18.2 Å². The van der Waals surface area contributed by atoms with E-state index < -0.39 is 5.91 Å². The van der Waals surface area contributed by atoms with Crippen LogP contribution in [0.5, 0.6) is 0 Å². The molecule has 0 radical (unpaired) electrons. The maximum absolute atomic E-state index is 11.5. The van der Waals surface area contributed by atoms with Crippen molar-refractivity contribution in [3.63, 3.8) is 0 Å². The molecule has 1 aliphatic heterocycles. The topological polar surface area (TPSA) is 99.5 Å². The van der Waals surface area contributed by atoms with Gasteiger partial charge in [-0.15, -0.1) is 11.3 Å². The number of carbonyl (C=O) groups is 1. The minimum Gasteiger partial charge on any atom is -0.379 e. The van der Waals surface area contributed by atoms with Crippen molar-refractivity contribution in [2.45, 2.75) is 6.42 Å². The first kappa shape index (κ1) is 20.5. The second-order valence-corrected chi connectivity index (χ2v) is 8.12. The first-order valence-electron chi connectivity index (χ1n) is 10.0. The van der Waals surface area contributed by atoms with Crippen LogP contribution in [0.3, 0.4) is 0 Å². The largest absolute Gasteiger partial charge is 0.379 e. The van der Waals surface area contributed by atoms with Gasteiger partial charge in [-0.05, 0) is 37.2 Å². The van der Waals surface area contributed by atoms with Crippen molar-refractivity contribution in [1.29, 1.82) is 0 Å². The third kappa shape index (κ3) is 4.88. The zero-order chi connectivity index (χ0) is 20.8. The fraction of sp³-hybridized carbons (Fsp3) is 0.333. The number of nitrogens with one attached hydrogen (secondary N) is 2. The van der Waals surface area contributed by atoms with Gasteiger partial charge in [-0.25, -0.2) is 5.43 Å². The Kier molecular flexibility index (Phi) is 6.75. The summed E-state index contributed by atoms with van der Waals surface area (Å²) in [6.07, 6.45) is 2.88. The molecular formula is C21H26N6O2S. The summed E-state index contributed by atoms with van der Waals surface area (Å²) in [5, 5.41) is 9.44. The van der Waals surface area contributed by atoms with E-state index in [-0.39, 0.29) is 0 Å². The van der Waals surface area contributed by atoms with Gasteiger partial charge in [0, 0.05) is 25.8 Å². The fourth-order valence-corrected chi connectivity index (χ4v) is 4.30. The highest BCUT2D eigenvalue weighted by molar-refractivity contribution is 7.17. The van der Waals surface area contributed by atoms with Gasteiger partial charge in [-0.3, -0.25) is 19.8 Å². The highest BCUT2D eigenvalue weighted by Crippen LogP contribution is 2.35. The first-order chi connectivity index (χ1) is 14.7. The van der Waals surface area contributed by atoms with Gasteiger partial charge in [0.05, 0.1) is 28.7 Å². The van der Waals surface area contributed by atoms with Crippen molar-refractivity contribution in [2.75, 3.05) is 44.4 Å². The van der Waals surface area contributed by atoms with Gasteiger partial charge in [0.25, 0.3) is 5.91 Å². The Morgan fingerprint density at radius 1 is 1.23 bits per heavy atom. The Hall–Kier alpha value is -2.72. The van der Waals surface area contributed by atoms with Crippen LogP contribution in [0.4, 0.5) is 11.4 Å². The summed E-state index contributed by atoms with van der Waals surface area (Å²) in [6, 6.07) is 13.7. The predicted molar refractivity (Wildman–Crippen MR) is 119 cm³/mol. The SMILES string of the molecule is NC(=O)c1ccc(-c2n[nH]cc2N(NCCCN2CCOCC2)c2ccccc2)s1.